The van der Waals surface area contributed by atoms with Crippen molar-refractivity contribution in [2.75, 3.05) is 13.7 Å². The molecule has 0 aromatic heterocycles. The third kappa shape index (κ3) is 4.33. The maximum absolute atomic E-state index is 11.3. The quantitative estimate of drug-likeness (QED) is 0.725. The summed E-state index contributed by atoms with van der Waals surface area (Å²) in [6.45, 7) is 0.760. The second-order valence-corrected chi connectivity index (χ2v) is 4.93. The van der Waals surface area contributed by atoms with E-state index in [-0.39, 0.29) is 12.5 Å². The molecule has 0 spiro atoms. The Kier molecular flexibility index (Phi) is 5.58. The van der Waals surface area contributed by atoms with Crippen LogP contribution >= 0.6 is 0 Å². The van der Waals surface area contributed by atoms with Crippen molar-refractivity contribution in [1.82, 2.24) is 5.32 Å². The average molecular weight is 282 g/mol. The molecule has 1 fully saturated rings. The lowest BCUT2D eigenvalue weighted by atomic mass is 10.1. The van der Waals surface area contributed by atoms with Crippen LogP contribution in [0.25, 0.3) is 0 Å². The van der Waals surface area contributed by atoms with E-state index in [0.717, 1.165) is 31.4 Å². The maximum atomic E-state index is 11.3. The zero-order valence-corrected chi connectivity index (χ0v) is 11.7. The van der Waals surface area contributed by atoms with Crippen LogP contribution in [0, 0.1) is 0 Å². The minimum Gasteiger partial charge on any atom is -0.468 e. The first kappa shape index (κ1) is 15.0. The van der Waals surface area contributed by atoms with E-state index in [1.165, 1.54) is 7.11 Å². The highest BCUT2D eigenvalue weighted by molar-refractivity contribution is 5.75. The van der Waals surface area contributed by atoms with Gasteiger partial charge in [0.25, 0.3) is 0 Å². The van der Waals surface area contributed by atoms with Crippen molar-refractivity contribution in [2.45, 2.75) is 44.2 Å². The molecule has 0 radical (unpaired) electrons. The lowest BCUT2D eigenvalue weighted by Gasteiger charge is -2.28. The molecule has 1 saturated heterocycles. The highest BCUT2D eigenvalue weighted by Gasteiger charge is 2.20. The third-order valence-corrected chi connectivity index (χ3v) is 3.31. The molecule has 112 valence electrons. The lowest BCUT2D eigenvalue weighted by Crippen LogP contribution is -2.36. The normalized spacial score (nSPS) is 27.4. The van der Waals surface area contributed by atoms with E-state index in [4.69, 9.17) is 15.2 Å². The summed E-state index contributed by atoms with van der Waals surface area (Å²) in [5, 5.41) is 3.12. The Hall–Kier alpha value is -1.37. The van der Waals surface area contributed by atoms with Crippen LogP contribution in [0.2, 0.25) is 0 Å². The molecule has 0 bridgehead atoms. The average Bonchev–Trinajstić information content (AvgIpc) is 2.49. The van der Waals surface area contributed by atoms with Crippen molar-refractivity contribution in [1.29, 1.82) is 0 Å². The fourth-order valence-electron chi connectivity index (χ4n) is 2.19. The first-order chi connectivity index (χ1) is 9.69. The second-order valence-electron chi connectivity index (χ2n) is 4.93. The van der Waals surface area contributed by atoms with Crippen molar-refractivity contribution in [3.8, 4) is 0 Å². The van der Waals surface area contributed by atoms with Gasteiger partial charge in [0.1, 0.15) is 12.3 Å². The SMILES string of the molecule is COC(=O)[C@@H](N)CC1=CNC(OC2CCCCO2)C=C1. The van der Waals surface area contributed by atoms with Crippen molar-refractivity contribution < 1.29 is 19.0 Å². The summed E-state index contributed by atoms with van der Waals surface area (Å²) in [6, 6.07) is -0.642. The first-order valence-corrected chi connectivity index (χ1v) is 6.93. The van der Waals surface area contributed by atoms with Gasteiger partial charge in [-0.1, -0.05) is 6.08 Å². The number of ether oxygens (including phenoxy) is 3. The van der Waals surface area contributed by atoms with Gasteiger partial charge in [-0.25, -0.2) is 0 Å². The molecule has 0 saturated carbocycles. The smallest absolute Gasteiger partial charge is 0.322 e. The Bertz CT molecular complexity index is 389. The van der Waals surface area contributed by atoms with Crippen LogP contribution in [0.5, 0.6) is 0 Å². The van der Waals surface area contributed by atoms with E-state index < -0.39 is 12.0 Å². The summed E-state index contributed by atoms with van der Waals surface area (Å²) >= 11 is 0. The number of nitrogens with two attached hydrogens (primary N) is 1. The van der Waals surface area contributed by atoms with E-state index in [1.54, 1.807) is 0 Å². The van der Waals surface area contributed by atoms with Gasteiger partial charge in [0, 0.05) is 12.8 Å². The lowest BCUT2D eigenvalue weighted by molar-refractivity contribution is -0.182. The van der Waals surface area contributed by atoms with E-state index >= 15 is 0 Å². The number of hydrogen-bond donors (Lipinski definition) is 2. The molecule has 2 unspecified atom stereocenters. The van der Waals surface area contributed by atoms with Crippen LogP contribution in [0.1, 0.15) is 25.7 Å². The molecule has 2 rings (SSSR count). The largest absolute Gasteiger partial charge is 0.468 e. The highest BCUT2D eigenvalue weighted by Crippen LogP contribution is 2.17. The number of carbonyl (C=O) groups excluding carboxylic acids is 1. The van der Waals surface area contributed by atoms with Gasteiger partial charge in [-0.05, 0) is 37.3 Å². The Morgan fingerprint density at radius 2 is 2.45 bits per heavy atom. The zero-order chi connectivity index (χ0) is 14.4. The minimum absolute atomic E-state index is 0.141. The molecule has 20 heavy (non-hydrogen) atoms. The molecule has 0 aromatic rings. The number of allylic oxidation sites excluding steroid dienone is 1. The number of rotatable bonds is 5. The van der Waals surface area contributed by atoms with E-state index in [2.05, 4.69) is 10.1 Å². The molecule has 0 aromatic carbocycles. The maximum Gasteiger partial charge on any atom is 0.322 e. The molecule has 3 N–H and O–H groups in total. The fraction of sp³-hybridized carbons (Fsp3) is 0.643. The first-order valence-electron chi connectivity index (χ1n) is 6.93. The minimum atomic E-state index is -0.642. The topological polar surface area (TPSA) is 82.8 Å². The number of methoxy groups -OCH3 is 1. The molecule has 0 amide bonds. The molecule has 2 aliphatic rings. The van der Waals surface area contributed by atoms with Crippen molar-refractivity contribution >= 4 is 5.97 Å². The number of carbonyl (C=O) groups is 1. The monoisotopic (exact) mass is 282 g/mol. The van der Waals surface area contributed by atoms with Gasteiger partial charge < -0.3 is 25.3 Å². The molecular formula is C14H22N2O4. The van der Waals surface area contributed by atoms with Crippen LogP contribution in [0.3, 0.4) is 0 Å². The summed E-state index contributed by atoms with van der Waals surface area (Å²) in [4.78, 5) is 11.3. The standard InChI is InChI=1S/C14H22N2O4/c1-18-14(17)11(15)8-10-5-6-12(16-9-10)20-13-4-2-3-7-19-13/h5-6,9,11-13,16H,2-4,7-8,15H2,1H3/t11-,12?,13?/m0/s1. The van der Waals surface area contributed by atoms with Gasteiger partial charge in [-0.2, -0.15) is 0 Å². The molecule has 2 heterocycles. The van der Waals surface area contributed by atoms with Crippen LogP contribution in [-0.4, -0.2) is 38.2 Å². The van der Waals surface area contributed by atoms with E-state index in [1.807, 2.05) is 18.4 Å². The summed E-state index contributed by atoms with van der Waals surface area (Å²) in [5.41, 5.74) is 6.65. The van der Waals surface area contributed by atoms with Crippen molar-refractivity contribution in [2.24, 2.45) is 5.73 Å². The molecule has 2 aliphatic heterocycles. The molecule has 3 atom stereocenters. The molecule has 0 aliphatic carbocycles. The van der Waals surface area contributed by atoms with E-state index in [0.29, 0.717) is 6.42 Å². The third-order valence-electron chi connectivity index (χ3n) is 3.31. The van der Waals surface area contributed by atoms with Crippen LogP contribution in [0.4, 0.5) is 0 Å². The van der Waals surface area contributed by atoms with Crippen LogP contribution < -0.4 is 11.1 Å². The summed E-state index contributed by atoms with van der Waals surface area (Å²) in [5.74, 6) is -0.409. The second kappa shape index (κ2) is 7.42. The van der Waals surface area contributed by atoms with Crippen LogP contribution in [0.15, 0.2) is 23.9 Å². The Balaban J connectivity index is 1.76. The Morgan fingerprint density at radius 3 is 3.05 bits per heavy atom. The zero-order valence-electron chi connectivity index (χ0n) is 11.7. The van der Waals surface area contributed by atoms with E-state index in [9.17, 15) is 4.79 Å². The Morgan fingerprint density at radius 1 is 1.60 bits per heavy atom. The molecular weight excluding hydrogens is 260 g/mol. The summed E-state index contributed by atoms with van der Waals surface area (Å²) < 4.78 is 15.9. The fourth-order valence-corrected chi connectivity index (χ4v) is 2.19. The van der Waals surface area contributed by atoms with Gasteiger partial charge in [0.15, 0.2) is 6.29 Å². The van der Waals surface area contributed by atoms with Crippen molar-refractivity contribution in [3.63, 3.8) is 0 Å². The van der Waals surface area contributed by atoms with Crippen molar-refractivity contribution in [3.05, 3.63) is 23.9 Å². The number of esters is 1. The Labute approximate surface area is 118 Å². The number of hydrogen-bond acceptors (Lipinski definition) is 6. The van der Waals surface area contributed by atoms with Gasteiger partial charge in [-0.3, -0.25) is 4.79 Å². The predicted octanol–water partition coefficient (Wildman–Crippen LogP) is 0.789. The van der Waals surface area contributed by atoms with Gasteiger partial charge in [0.2, 0.25) is 0 Å². The van der Waals surface area contributed by atoms with Gasteiger partial charge in [0.05, 0.1) is 7.11 Å². The predicted molar refractivity (Wildman–Crippen MR) is 73.4 cm³/mol. The molecule has 6 nitrogen and oxygen atoms in total. The van der Waals surface area contributed by atoms with Gasteiger partial charge in [-0.15, -0.1) is 0 Å². The molecule has 6 heteroatoms. The van der Waals surface area contributed by atoms with Gasteiger partial charge >= 0.3 is 5.97 Å². The number of dihydropyridines is 1. The number of nitrogens with one attached hydrogen (secondary N) is 1. The highest BCUT2D eigenvalue weighted by atomic mass is 16.7. The summed E-state index contributed by atoms with van der Waals surface area (Å²) in [6.07, 6.45) is 8.88. The van der Waals surface area contributed by atoms with Crippen LogP contribution in [-0.2, 0) is 19.0 Å². The summed E-state index contributed by atoms with van der Waals surface area (Å²) in [7, 11) is 1.33.